The van der Waals surface area contributed by atoms with E-state index < -0.39 is 15.8 Å². The van der Waals surface area contributed by atoms with Gasteiger partial charge in [0.2, 0.25) is 0 Å². The molecule has 31 heavy (non-hydrogen) atoms. The minimum absolute atomic E-state index is 0.0485. The molecule has 0 saturated carbocycles. The summed E-state index contributed by atoms with van der Waals surface area (Å²) in [7, 11) is 0. The molecule has 0 atom stereocenters. The van der Waals surface area contributed by atoms with Crippen LogP contribution in [0, 0.1) is 20.2 Å². The summed E-state index contributed by atoms with van der Waals surface area (Å²) in [5, 5.41) is 26.2. The number of furan rings is 1. The Hall–Kier alpha value is -4.38. The Morgan fingerprint density at radius 2 is 1.77 bits per heavy atom. The van der Waals surface area contributed by atoms with Gasteiger partial charge in [0, 0.05) is 39.9 Å². The summed E-state index contributed by atoms with van der Waals surface area (Å²) in [6.07, 6.45) is 1.30. The fourth-order valence-electron chi connectivity index (χ4n) is 2.82. The molecule has 1 N–H and O–H groups in total. The lowest BCUT2D eigenvalue weighted by Crippen LogP contribution is -2.15. The van der Waals surface area contributed by atoms with Gasteiger partial charge in [0.05, 0.1) is 20.9 Å². The van der Waals surface area contributed by atoms with Gasteiger partial charge in [-0.1, -0.05) is 12.1 Å². The molecule has 0 fully saturated rings. The first kappa shape index (κ1) is 19.9. The normalized spacial score (nSPS) is 11.1. The van der Waals surface area contributed by atoms with Crippen molar-refractivity contribution in [3.63, 3.8) is 0 Å². The summed E-state index contributed by atoms with van der Waals surface area (Å²) in [4.78, 5) is 33.4. The minimum atomic E-state index is -0.494. The number of hydrogen-bond acceptors (Lipinski definition) is 8. The molecule has 4 aromatic rings. The van der Waals surface area contributed by atoms with E-state index in [0.717, 1.165) is 4.70 Å². The first-order valence-corrected chi connectivity index (χ1v) is 9.58. The molecular weight excluding hydrogens is 424 g/mol. The highest BCUT2D eigenvalue weighted by Gasteiger charge is 2.13. The van der Waals surface area contributed by atoms with E-state index in [0.29, 0.717) is 27.3 Å². The Balaban J connectivity index is 1.45. The number of benzene rings is 2. The molecule has 0 unspecified atom stereocenters. The van der Waals surface area contributed by atoms with E-state index in [-0.39, 0.29) is 11.4 Å². The largest absolute Gasteiger partial charge is 0.455 e. The number of nitrogens with zero attached hydrogens (tertiary/aromatic N) is 3. The highest BCUT2D eigenvalue weighted by molar-refractivity contribution is 7.20. The third-order valence-electron chi connectivity index (χ3n) is 4.26. The first-order valence-electron chi connectivity index (χ1n) is 8.77. The molecule has 0 bridgehead atoms. The van der Waals surface area contributed by atoms with Crippen LogP contribution in [0.4, 0.5) is 11.4 Å². The maximum absolute atomic E-state index is 12.3. The number of amides is 1. The molecule has 4 rings (SSSR count). The van der Waals surface area contributed by atoms with Crippen LogP contribution >= 0.6 is 11.3 Å². The van der Waals surface area contributed by atoms with Gasteiger partial charge in [-0.05, 0) is 24.3 Å². The van der Waals surface area contributed by atoms with Crippen molar-refractivity contribution in [1.82, 2.24) is 5.43 Å². The fraction of sp³-hybridized carbons (Fsp3) is 0. The third kappa shape index (κ3) is 4.31. The number of nitro benzene ring substituents is 2. The number of rotatable bonds is 6. The van der Waals surface area contributed by atoms with E-state index >= 15 is 0 Å². The molecular formula is C20H12N4O6S. The van der Waals surface area contributed by atoms with Crippen molar-refractivity contribution in [3.8, 4) is 11.3 Å². The summed E-state index contributed by atoms with van der Waals surface area (Å²) in [6, 6.07) is 15.2. The summed E-state index contributed by atoms with van der Waals surface area (Å²) in [5.41, 5.74) is 2.82. The smallest absolute Gasteiger partial charge is 0.281 e. The molecule has 11 heteroatoms. The average molecular weight is 436 g/mol. The van der Waals surface area contributed by atoms with Crippen molar-refractivity contribution in [3.05, 3.63) is 91.5 Å². The zero-order valence-corrected chi connectivity index (χ0v) is 16.4. The van der Waals surface area contributed by atoms with Crippen molar-refractivity contribution in [1.29, 1.82) is 0 Å². The van der Waals surface area contributed by atoms with Crippen LogP contribution in [-0.4, -0.2) is 22.0 Å². The molecule has 0 aliphatic carbocycles. The number of nitrogens with one attached hydrogen (secondary N) is 1. The Kier molecular flexibility index (Phi) is 5.24. The predicted molar refractivity (Wildman–Crippen MR) is 114 cm³/mol. The number of carbonyl (C=O) groups is 1. The number of nitro groups is 2. The van der Waals surface area contributed by atoms with Gasteiger partial charge < -0.3 is 4.42 Å². The highest BCUT2D eigenvalue weighted by Crippen LogP contribution is 2.29. The number of non-ortho nitro benzene ring substituents is 2. The van der Waals surface area contributed by atoms with Crippen molar-refractivity contribution in [2.75, 3.05) is 0 Å². The van der Waals surface area contributed by atoms with E-state index in [9.17, 15) is 25.0 Å². The molecule has 2 aromatic carbocycles. The molecule has 2 aromatic heterocycles. The van der Waals surface area contributed by atoms with Gasteiger partial charge in [0.15, 0.2) is 0 Å². The number of fused-ring (bicyclic) bond motifs is 1. The Labute approximate surface area is 177 Å². The summed E-state index contributed by atoms with van der Waals surface area (Å²) in [6.45, 7) is 0. The predicted octanol–water partition coefficient (Wildman–Crippen LogP) is 4.74. The van der Waals surface area contributed by atoms with Crippen LogP contribution < -0.4 is 5.43 Å². The standard InChI is InChI=1S/C20H12N4O6S/c25-20(19-10-13-9-15(24(28)29)4-7-18(13)31-19)22-21-11-16-5-6-17(30-16)12-2-1-3-14(8-12)23(26)27/h1-11H,(H,22,25). The van der Waals surface area contributed by atoms with Gasteiger partial charge in [-0.15, -0.1) is 11.3 Å². The van der Waals surface area contributed by atoms with Crippen LogP contribution in [0.1, 0.15) is 15.4 Å². The van der Waals surface area contributed by atoms with Gasteiger partial charge in [-0.3, -0.25) is 25.0 Å². The molecule has 0 aliphatic heterocycles. The maximum Gasteiger partial charge on any atom is 0.281 e. The van der Waals surface area contributed by atoms with Gasteiger partial charge in [-0.2, -0.15) is 5.10 Å². The van der Waals surface area contributed by atoms with Crippen LogP contribution in [0.3, 0.4) is 0 Å². The summed E-state index contributed by atoms with van der Waals surface area (Å²) in [5.74, 6) is 0.293. The van der Waals surface area contributed by atoms with E-state index in [1.165, 1.54) is 41.8 Å². The highest BCUT2D eigenvalue weighted by atomic mass is 32.1. The molecule has 154 valence electrons. The van der Waals surface area contributed by atoms with Crippen LogP contribution in [0.15, 0.2) is 70.2 Å². The van der Waals surface area contributed by atoms with E-state index in [1.54, 1.807) is 36.4 Å². The summed E-state index contributed by atoms with van der Waals surface area (Å²) < 4.78 is 6.33. The topological polar surface area (TPSA) is 141 Å². The molecule has 2 heterocycles. The van der Waals surface area contributed by atoms with Gasteiger partial charge in [0.1, 0.15) is 11.5 Å². The van der Waals surface area contributed by atoms with Crippen LogP contribution in [-0.2, 0) is 0 Å². The zero-order chi connectivity index (χ0) is 22.0. The Morgan fingerprint density at radius 1 is 1.00 bits per heavy atom. The monoisotopic (exact) mass is 436 g/mol. The minimum Gasteiger partial charge on any atom is -0.455 e. The molecule has 1 amide bonds. The number of hydrazone groups is 1. The Morgan fingerprint density at radius 3 is 2.55 bits per heavy atom. The van der Waals surface area contributed by atoms with Gasteiger partial charge >= 0.3 is 0 Å². The van der Waals surface area contributed by atoms with Crippen molar-refractivity contribution in [2.45, 2.75) is 0 Å². The lowest BCUT2D eigenvalue weighted by atomic mass is 10.1. The van der Waals surface area contributed by atoms with Crippen LogP contribution in [0.2, 0.25) is 0 Å². The lowest BCUT2D eigenvalue weighted by Gasteiger charge is -1.97. The number of thiophene rings is 1. The molecule has 10 nitrogen and oxygen atoms in total. The van der Waals surface area contributed by atoms with Gasteiger partial charge in [-0.25, -0.2) is 5.43 Å². The van der Waals surface area contributed by atoms with Crippen molar-refractivity contribution < 1.29 is 19.1 Å². The average Bonchev–Trinajstić information content (AvgIpc) is 3.40. The van der Waals surface area contributed by atoms with E-state index in [2.05, 4.69) is 10.5 Å². The Bertz CT molecular complexity index is 1360. The zero-order valence-electron chi connectivity index (χ0n) is 15.6. The quantitative estimate of drug-likeness (QED) is 0.263. The maximum atomic E-state index is 12.3. The molecule has 0 saturated heterocycles. The second-order valence-electron chi connectivity index (χ2n) is 6.30. The van der Waals surface area contributed by atoms with Crippen LogP contribution in [0.25, 0.3) is 21.4 Å². The second-order valence-corrected chi connectivity index (χ2v) is 7.38. The van der Waals surface area contributed by atoms with Crippen molar-refractivity contribution >= 4 is 44.9 Å². The lowest BCUT2D eigenvalue weighted by molar-refractivity contribution is -0.384. The van der Waals surface area contributed by atoms with Crippen LogP contribution in [0.5, 0.6) is 0 Å². The molecule has 0 radical (unpaired) electrons. The van der Waals surface area contributed by atoms with E-state index in [1.807, 2.05) is 0 Å². The third-order valence-corrected chi connectivity index (χ3v) is 5.38. The number of hydrogen-bond donors (Lipinski definition) is 1. The SMILES string of the molecule is O=C(NN=Cc1ccc(-c2cccc([N+](=O)[O-])c2)o1)c1cc2cc([N+](=O)[O-])ccc2s1. The van der Waals surface area contributed by atoms with E-state index in [4.69, 9.17) is 4.42 Å². The fourth-order valence-corrected chi connectivity index (χ4v) is 3.75. The van der Waals surface area contributed by atoms with Crippen molar-refractivity contribution in [2.24, 2.45) is 5.10 Å². The second kappa shape index (κ2) is 8.16. The molecule has 0 aliphatic rings. The first-order chi connectivity index (χ1) is 14.9. The summed E-state index contributed by atoms with van der Waals surface area (Å²) >= 11 is 1.19. The molecule has 0 spiro atoms. The van der Waals surface area contributed by atoms with Gasteiger partial charge in [0.25, 0.3) is 17.3 Å². The number of carbonyl (C=O) groups excluding carboxylic acids is 1.